The molecule has 0 aliphatic heterocycles. The topological polar surface area (TPSA) is 104 Å². The molecule has 0 spiro atoms. The molecule has 0 radical (unpaired) electrons. The number of nitrogens with one attached hydrogen (secondary N) is 2. The van der Waals surface area contributed by atoms with Crippen LogP contribution in [-0.4, -0.2) is 55.0 Å². The number of halogens is 1. The molecule has 0 bridgehead atoms. The summed E-state index contributed by atoms with van der Waals surface area (Å²) in [6.45, 7) is 6.33. The van der Waals surface area contributed by atoms with Gasteiger partial charge in [-0.3, -0.25) is 4.79 Å². The average Bonchev–Trinajstić information content (AvgIpc) is 3.10. The van der Waals surface area contributed by atoms with Crippen LogP contribution < -0.4 is 10.6 Å². The van der Waals surface area contributed by atoms with Gasteiger partial charge in [-0.25, -0.2) is 18.9 Å². The minimum atomic E-state index is -1.59. The van der Waals surface area contributed by atoms with Crippen LogP contribution in [0.1, 0.15) is 38.1 Å². The van der Waals surface area contributed by atoms with E-state index >= 15 is 0 Å². The predicted octanol–water partition coefficient (Wildman–Crippen LogP) is 2.45. The number of alkyl halides is 1. The first-order valence-electron chi connectivity index (χ1n) is 9.34. The number of carbonyl (C=O) groups excluding carboxylic acids is 1. The van der Waals surface area contributed by atoms with Crippen molar-refractivity contribution >= 4 is 17.1 Å². The zero-order valence-electron chi connectivity index (χ0n) is 16.8. The fraction of sp³-hybridized carbons (Fsp3) is 0.400. The maximum Gasteiger partial charge on any atom is 0.255 e. The van der Waals surface area contributed by atoms with Gasteiger partial charge in [0, 0.05) is 35.8 Å². The highest BCUT2D eigenvalue weighted by Crippen LogP contribution is 2.28. The lowest BCUT2D eigenvalue weighted by Gasteiger charge is -2.23. The number of aliphatic hydroxyl groups is 1. The molecule has 1 atom stereocenters. The number of nitrogens with zero attached hydrogens (tertiary/aromatic N) is 4. The van der Waals surface area contributed by atoms with Crippen molar-refractivity contribution < 1.29 is 14.3 Å². The SMILES string of the molecule is CC(C)Nc1c(C(=O)NC[C@@H](F)C(C)(C)O)cnn2cc(-c3cncnc3)cc12. The van der Waals surface area contributed by atoms with Gasteiger partial charge in [0.15, 0.2) is 0 Å². The van der Waals surface area contributed by atoms with Gasteiger partial charge in [-0.05, 0) is 33.8 Å². The summed E-state index contributed by atoms with van der Waals surface area (Å²) in [7, 11) is 0. The standard InChI is InChI=1S/C20H25FN6O2/c1-12(2)26-18-15(19(28)24-9-17(21)20(3,4)29)8-25-27-10-13(5-16(18)27)14-6-22-11-23-7-14/h5-8,10-12,17,26,29H,9H2,1-4H3,(H,24,28)/t17-/m1/s1. The molecule has 0 aliphatic rings. The van der Waals surface area contributed by atoms with E-state index in [1.165, 1.54) is 26.4 Å². The Morgan fingerprint density at radius 3 is 2.55 bits per heavy atom. The van der Waals surface area contributed by atoms with Gasteiger partial charge >= 0.3 is 0 Å². The molecule has 0 fully saturated rings. The van der Waals surface area contributed by atoms with Gasteiger partial charge in [-0.1, -0.05) is 0 Å². The Morgan fingerprint density at radius 2 is 1.93 bits per heavy atom. The van der Waals surface area contributed by atoms with Crippen molar-refractivity contribution in [3.8, 4) is 11.1 Å². The number of carbonyl (C=O) groups is 1. The summed E-state index contributed by atoms with van der Waals surface area (Å²) < 4.78 is 15.7. The summed E-state index contributed by atoms with van der Waals surface area (Å²) in [6, 6.07) is 1.94. The van der Waals surface area contributed by atoms with Gasteiger partial charge in [0.05, 0.1) is 35.1 Å². The smallest absolute Gasteiger partial charge is 0.255 e. The lowest BCUT2D eigenvalue weighted by Crippen LogP contribution is -2.42. The fourth-order valence-electron chi connectivity index (χ4n) is 2.80. The van der Waals surface area contributed by atoms with E-state index in [-0.39, 0.29) is 12.6 Å². The first kappa shape index (κ1) is 20.7. The molecule has 0 saturated heterocycles. The Bertz CT molecular complexity index is 997. The first-order valence-corrected chi connectivity index (χ1v) is 9.34. The van der Waals surface area contributed by atoms with Crippen LogP contribution in [0.5, 0.6) is 0 Å². The summed E-state index contributed by atoms with van der Waals surface area (Å²) in [4.78, 5) is 20.8. The van der Waals surface area contributed by atoms with Crippen molar-refractivity contribution in [2.75, 3.05) is 11.9 Å². The van der Waals surface area contributed by atoms with Crippen LogP contribution in [0.4, 0.5) is 10.1 Å². The largest absolute Gasteiger partial charge is 0.387 e. The first-order chi connectivity index (χ1) is 13.7. The summed E-state index contributed by atoms with van der Waals surface area (Å²) in [5, 5.41) is 19.9. The third-order valence-electron chi connectivity index (χ3n) is 4.42. The Hall–Kier alpha value is -3.07. The van der Waals surface area contributed by atoms with Crippen LogP contribution in [0.15, 0.2) is 37.2 Å². The molecule has 8 nitrogen and oxygen atoms in total. The number of amides is 1. The van der Waals surface area contributed by atoms with Crippen LogP contribution in [-0.2, 0) is 0 Å². The number of anilines is 1. The van der Waals surface area contributed by atoms with Gasteiger partial charge in [0.2, 0.25) is 0 Å². The number of rotatable bonds is 7. The predicted molar refractivity (Wildman–Crippen MR) is 109 cm³/mol. The molecule has 0 saturated carbocycles. The summed E-state index contributed by atoms with van der Waals surface area (Å²) >= 11 is 0. The highest BCUT2D eigenvalue weighted by atomic mass is 19.1. The van der Waals surface area contributed by atoms with E-state index in [0.29, 0.717) is 16.8 Å². The zero-order valence-corrected chi connectivity index (χ0v) is 16.8. The van der Waals surface area contributed by atoms with Crippen LogP contribution >= 0.6 is 0 Å². The Balaban J connectivity index is 1.97. The summed E-state index contributed by atoms with van der Waals surface area (Å²) in [6.07, 6.45) is 6.52. The van der Waals surface area contributed by atoms with E-state index in [2.05, 4.69) is 25.7 Å². The second-order valence-corrected chi connectivity index (χ2v) is 7.75. The third kappa shape index (κ3) is 4.68. The second kappa shape index (κ2) is 8.12. The van der Waals surface area contributed by atoms with Crippen LogP contribution in [0.25, 0.3) is 16.6 Å². The van der Waals surface area contributed by atoms with Crippen molar-refractivity contribution in [2.24, 2.45) is 0 Å². The number of fused-ring (bicyclic) bond motifs is 1. The highest BCUT2D eigenvalue weighted by molar-refractivity contribution is 6.03. The molecule has 3 rings (SSSR count). The van der Waals surface area contributed by atoms with Crippen LogP contribution in [0, 0.1) is 0 Å². The van der Waals surface area contributed by atoms with Crippen molar-refractivity contribution in [3.05, 3.63) is 42.7 Å². The molecule has 3 N–H and O–H groups in total. The average molecular weight is 400 g/mol. The van der Waals surface area contributed by atoms with Gasteiger partial charge in [0.1, 0.15) is 12.5 Å². The number of aromatic nitrogens is 4. The molecule has 0 unspecified atom stereocenters. The lowest BCUT2D eigenvalue weighted by atomic mass is 10.0. The van der Waals surface area contributed by atoms with E-state index in [1.54, 1.807) is 16.9 Å². The molecule has 3 aromatic heterocycles. The maximum atomic E-state index is 14.0. The van der Waals surface area contributed by atoms with E-state index in [9.17, 15) is 14.3 Å². The van der Waals surface area contributed by atoms with Gasteiger partial charge in [0.25, 0.3) is 5.91 Å². The lowest BCUT2D eigenvalue weighted by molar-refractivity contribution is -0.00177. The van der Waals surface area contributed by atoms with Gasteiger partial charge < -0.3 is 15.7 Å². The third-order valence-corrected chi connectivity index (χ3v) is 4.42. The molecular formula is C20H25FN6O2. The summed E-state index contributed by atoms with van der Waals surface area (Å²) in [5.41, 5.74) is 1.73. The molecule has 3 heterocycles. The minimum absolute atomic E-state index is 0.0523. The van der Waals surface area contributed by atoms with E-state index in [0.717, 1.165) is 11.1 Å². The summed E-state index contributed by atoms with van der Waals surface area (Å²) in [5.74, 6) is -0.471. The second-order valence-electron chi connectivity index (χ2n) is 7.75. The van der Waals surface area contributed by atoms with E-state index in [1.807, 2.05) is 26.1 Å². The van der Waals surface area contributed by atoms with Crippen molar-refractivity contribution in [2.45, 2.75) is 45.5 Å². The van der Waals surface area contributed by atoms with Crippen LogP contribution in [0.3, 0.4) is 0 Å². The minimum Gasteiger partial charge on any atom is -0.387 e. The molecule has 3 aromatic rings. The molecule has 0 aromatic carbocycles. The molecular weight excluding hydrogens is 375 g/mol. The highest BCUT2D eigenvalue weighted by Gasteiger charge is 2.27. The zero-order chi connectivity index (χ0) is 21.2. The fourth-order valence-corrected chi connectivity index (χ4v) is 2.80. The normalized spacial score (nSPS) is 12.9. The van der Waals surface area contributed by atoms with Crippen molar-refractivity contribution in [1.29, 1.82) is 0 Å². The van der Waals surface area contributed by atoms with Gasteiger partial charge in [-0.2, -0.15) is 5.10 Å². The maximum absolute atomic E-state index is 14.0. The van der Waals surface area contributed by atoms with E-state index in [4.69, 9.17) is 0 Å². The number of hydrogen-bond donors (Lipinski definition) is 3. The Labute approximate surface area is 168 Å². The number of hydrogen-bond acceptors (Lipinski definition) is 6. The molecule has 0 aliphatic carbocycles. The molecule has 9 heteroatoms. The van der Waals surface area contributed by atoms with E-state index < -0.39 is 17.7 Å². The van der Waals surface area contributed by atoms with Crippen molar-refractivity contribution in [3.63, 3.8) is 0 Å². The Morgan fingerprint density at radius 1 is 1.24 bits per heavy atom. The molecule has 29 heavy (non-hydrogen) atoms. The Kier molecular flexibility index (Phi) is 5.78. The molecule has 1 amide bonds. The van der Waals surface area contributed by atoms with Crippen molar-refractivity contribution in [1.82, 2.24) is 24.9 Å². The quantitative estimate of drug-likeness (QED) is 0.563. The molecule has 154 valence electrons. The van der Waals surface area contributed by atoms with Gasteiger partial charge in [-0.15, -0.1) is 0 Å². The van der Waals surface area contributed by atoms with Crippen LogP contribution in [0.2, 0.25) is 0 Å². The monoisotopic (exact) mass is 400 g/mol.